The van der Waals surface area contributed by atoms with E-state index in [2.05, 4.69) is 289 Å². The lowest BCUT2D eigenvalue weighted by Crippen LogP contribution is -2.10. The van der Waals surface area contributed by atoms with Gasteiger partial charge in [0.1, 0.15) is 22.3 Å². The van der Waals surface area contributed by atoms with Crippen molar-refractivity contribution in [3.8, 4) is 11.1 Å². The summed E-state index contributed by atoms with van der Waals surface area (Å²) >= 11 is 5.62. The molecule has 0 N–H and O–H groups in total. The lowest BCUT2D eigenvalue weighted by atomic mass is 9.98. The third-order valence-electron chi connectivity index (χ3n) is 19.7. The van der Waals surface area contributed by atoms with Crippen LogP contribution >= 0.6 is 34.0 Å². The fraction of sp³-hybridized carbons (Fsp3) is 0.0238. The summed E-state index contributed by atoms with van der Waals surface area (Å²) in [6.07, 6.45) is 0. The van der Waals surface area contributed by atoms with Crippen molar-refractivity contribution >= 4 is 221 Å². The van der Waals surface area contributed by atoms with Crippen molar-refractivity contribution in [2.24, 2.45) is 0 Å². The molecule has 14 aromatic carbocycles. The molecule has 0 radical (unpaired) electrons. The van der Waals surface area contributed by atoms with Gasteiger partial charge in [-0.25, -0.2) is 0 Å². The smallest absolute Gasteiger partial charge is 0.138 e. The summed E-state index contributed by atoms with van der Waals surface area (Å²) < 4.78 is 23.7. The van der Waals surface area contributed by atoms with E-state index >= 15 is 0 Å². The van der Waals surface area contributed by atoms with E-state index in [1.807, 2.05) is 34.0 Å². The molecule has 0 aliphatic carbocycles. The molecule has 21 aromatic rings. The van der Waals surface area contributed by atoms with Gasteiger partial charge in [0.05, 0.1) is 43.0 Å². The molecule has 8 heteroatoms. The van der Waals surface area contributed by atoms with Gasteiger partial charge in [-0.15, -0.1) is 34.0 Å². The molecule has 7 aromatic heterocycles. The molecule has 5 nitrogen and oxygen atoms in total. The third-order valence-corrected chi connectivity index (χ3v) is 23.3. The summed E-state index contributed by atoms with van der Waals surface area (Å²) in [6, 6.07) is 97.1. The summed E-state index contributed by atoms with van der Waals surface area (Å²) in [6.45, 7) is 4.26. The molecular weight excluding hydrogens is 1180 g/mol. The Balaban J connectivity index is 0.794. The number of thiophene rings is 3. The van der Waals surface area contributed by atoms with Gasteiger partial charge in [0.15, 0.2) is 0 Å². The van der Waals surface area contributed by atoms with Gasteiger partial charge in [-0.1, -0.05) is 164 Å². The van der Waals surface area contributed by atoms with Crippen LogP contribution in [0.4, 0.5) is 34.1 Å². The van der Waals surface area contributed by atoms with E-state index < -0.39 is 0 Å². The van der Waals surface area contributed by atoms with E-state index in [9.17, 15) is 0 Å². The van der Waals surface area contributed by atoms with Gasteiger partial charge in [0.2, 0.25) is 0 Å². The van der Waals surface area contributed by atoms with Crippen LogP contribution in [0.15, 0.2) is 270 Å². The van der Waals surface area contributed by atoms with Gasteiger partial charge in [-0.3, -0.25) is 0 Å². The standard InChI is InChI=1S/C84H49N3O2S3/c1-46-14-10-20-59-53-32-29-50(43-72(53)88-80(46)59)85(70-24-12-22-61-55-18-6-8-26-74(55)90-83(61)70)52-31-34-57-63-36-35-58-64(82(63)92-76(57)45-52)37-40-68-77(58)65-38-41-69(78-66-42-49(48-16-4-3-5-17-48)28-39-67(66)87(68)79(65)78)86(71-25-13-23-62-56-19-7-9-27-75(56)91-84(62)71)51-30-33-54-60-21-11-15-47(2)81(60)89-73(54)44-51/h3-45H,1-2H3. The molecule has 0 unspecified atom stereocenters. The molecule has 0 aliphatic heterocycles. The van der Waals surface area contributed by atoms with Crippen LogP contribution in [0.5, 0.6) is 0 Å². The van der Waals surface area contributed by atoms with Gasteiger partial charge in [0, 0.05) is 129 Å². The predicted octanol–water partition coefficient (Wildman–Crippen LogP) is 26.1. The Morgan fingerprint density at radius 3 is 1.47 bits per heavy atom. The minimum atomic E-state index is 0.868. The SMILES string of the molecule is Cc1cccc2c1oc1cc(N(c3ccc4c(c3)sc3c4ccc4c3ccc3c4c4ccc(N(c5ccc6c(c5)oc5c(C)cccc56)c5cccc6c5sc5ccccc56)c5c6cc(-c7ccccc7)ccc6n3c45)c3cccc4c3sc3ccccc34)ccc12. The number of aromatic nitrogens is 1. The number of rotatable bonds is 7. The highest BCUT2D eigenvalue weighted by Crippen LogP contribution is 2.54. The minimum Gasteiger partial charge on any atom is -0.456 e. The van der Waals surface area contributed by atoms with Crippen molar-refractivity contribution in [2.45, 2.75) is 13.8 Å². The summed E-state index contributed by atoms with van der Waals surface area (Å²) in [4.78, 5) is 4.97. The molecule has 92 heavy (non-hydrogen) atoms. The van der Waals surface area contributed by atoms with Gasteiger partial charge in [0.25, 0.3) is 0 Å². The predicted molar refractivity (Wildman–Crippen MR) is 396 cm³/mol. The minimum absolute atomic E-state index is 0.868. The maximum absolute atomic E-state index is 6.84. The number of benzene rings is 14. The van der Waals surface area contributed by atoms with Crippen molar-refractivity contribution < 1.29 is 8.83 Å². The van der Waals surface area contributed by atoms with E-state index in [0.29, 0.717) is 0 Å². The van der Waals surface area contributed by atoms with Crippen LogP contribution in [0.3, 0.4) is 0 Å². The van der Waals surface area contributed by atoms with Crippen molar-refractivity contribution in [2.75, 3.05) is 9.80 Å². The lowest BCUT2D eigenvalue weighted by molar-refractivity contribution is 0.665. The van der Waals surface area contributed by atoms with Crippen LogP contribution in [-0.4, -0.2) is 4.40 Å². The Bertz CT molecular complexity index is 6750. The van der Waals surface area contributed by atoms with Gasteiger partial charge >= 0.3 is 0 Å². The molecule has 430 valence electrons. The van der Waals surface area contributed by atoms with Crippen LogP contribution in [0.1, 0.15) is 11.1 Å². The van der Waals surface area contributed by atoms with Crippen molar-refractivity contribution in [3.05, 3.63) is 272 Å². The van der Waals surface area contributed by atoms with Gasteiger partial charge in [-0.2, -0.15) is 0 Å². The molecule has 0 amide bonds. The number of para-hydroxylation sites is 2. The largest absolute Gasteiger partial charge is 0.456 e. The Hall–Kier alpha value is -11.0. The number of furan rings is 2. The number of fused-ring (bicyclic) bond motifs is 24. The molecule has 21 rings (SSSR count). The number of aryl methyl sites for hydroxylation is 2. The molecule has 0 atom stereocenters. The quantitative estimate of drug-likeness (QED) is 0.159. The lowest BCUT2D eigenvalue weighted by Gasteiger charge is -2.27. The maximum Gasteiger partial charge on any atom is 0.138 e. The summed E-state index contributed by atoms with van der Waals surface area (Å²) in [7, 11) is 0. The first-order valence-electron chi connectivity index (χ1n) is 31.3. The second-order valence-electron chi connectivity index (χ2n) is 24.7. The molecule has 0 bridgehead atoms. The Morgan fingerprint density at radius 2 is 0.783 bits per heavy atom. The normalized spacial score (nSPS) is 12.5. The van der Waals surface area contributed by atoms with Crippen LogP contribution in [0.2, 0.25) is 0 Å². The molecule has 0 aliphatic rings. The van der Waals surface area contributed by atoms with Crippen molar-refractivity contribution in [3.63, 3.8) is 0 Å². The molecular formula is C84H49N3O2S3. The first kappa shape index (κ1) is 50.8. The molecule has 0 fully saturated rings. The average molecular weight is 1230 g/mol. The zero-order chi connectivity index (χ0) is 60.2. The van der Waals surface area contributed by atoms with Crippen LogP contribution in [0.25, 0.3) is 164 Å². The molecule has 0 spiro atoms. The fourth-order valence-electron chi connectivity index (χ4n) is 15.6. The number of nitrogens with zero attached hydrogens (tertiary/aromatic N) is 3. The monoisotopic (exact) mass is 1230 g/mol. The van der Waals surface area contributed by atoms with Crippen LogP contribution in [0, 0.1) is 13.8 Å². The highest BCUT2D eigenvalue weighted by atomic mass is 32.1. The van der Waals surface area contributed by atoms with Crippen molar-refractivity contribution in [1.29, 1.82) is 0 Å². The van der Waals surface area contributed by atoms with Gasteiger partial charge in [-0.05, 0) is 126 Å². The van der Waals surface area contributed by atoms with Crippen LogP contribution < -0.4 is 9.80 Å². The first-order chi connectivity index (χ1) is 45.4. The van der Waals surface area contributed by atoms with E-state index in [1.165, 1.54) is 121 Å². The second-order valence-corrected chi connectivity index (χ2v) is 27.9. The second kappa shape index (κ2) is 18.8. The van der Waals surface area contributed by atoms with Crippen molar-refractivity contribution in [1.82, 2.24) is 4.40 Å². The number of hydrogen-bond donors (Lipinski definition) is 0. The topological polar surface area (TPSA) is 37.2 Å². The van der Waals surface area contributed by atoms with E-state index in [4.69, 9.17) is 8.83 Å². The maximum atomic E-state index is 6.84. The molecule has 0 saturated carbocycles. The zero-order valence-corrected chi connectivity index (χ0v) is 52.2. The van der Waals surface area contributed by atoms with E-state index in [1.54, 1.807) is 0 Å². The highest BCUT2D eigenvalue weighted by molar-refractivity contribution is 7.27. The number of anilines is 6. The van der Waals surface area contributed by atoms with E-state index in [-0.39, 0.29) is 0 Å². The van der Waals surface area contributed by atoms with Gasteiger partial charge < -0.3 is 23.0 Å². The highest BCUT2D eigenvalue weighted by Gasteiger charge is 2.29. The molecule has 7 heterocycles. The Labute approximate surface area is 537 Å². The Kier molecular flexibility index (Phi) is 10.4. The molecule has 0 saturated heterocycles. The van der Waals surface area contributed by atoms with Crippen LogP contribution in [-0.2, 0) is 0 Å². The zero-order valence-electron chi connectivity index (χ0n) is 49.7. The number of hydrogen-bond acceptors (Lipinski definition) is 7. The average Bonchev–Trinajstić information content (AvgIpc) is 1.52. The fourth-order valence-corrected chi connectivity index (χ4v) is 19.3. The van der Waals surface area contributed by atoms with E-state index in [0.717, 1.165) is 89.1 Å². The summed E-state index contributed by atoms with van der Waals surface area (Å²) in [5.41, 5.74) is 18.4. The first-order valence-corrected chi connectivity index (χ1v) is 33.7. The summed E-state index contributed by atoms with van der Waals surface area (Å²) in [5, 5.41) is 19.5. The Morgan fingerprint density at radius 1 is 0.293 bits per heavy atom. The third kappa shape index (κ3) is 7.00. The summed E-state index contributed by atoms with van der Waals surface area (Å²) in [5.74, 6) is 0.